The van der Waals surface area contributed by atoms with Crippen LogP contribution in [0.4, 0.5) is 0 Å². The van der Waals surface area contributed by atoms with E-state index in [9.17, 15) is 5.11 Å². The summed E-state index contributed by atoms with van der Waals surface area (Å²) in [7, 11) is 0. The third-order valence-corrected chi connectivity index (χ3v) is 1.59. The second-order valence-electron chi connectivity index (χ2n) is 2.38. The Labute approximate surface area is 65.8 Å². The minimum absolute atomic E-state index is 0.197. The molecule has 0 fully saturated rings. The number of aliphatic hydroxyl groups is 1. The van der Waals surface area contributed by atoms with Gasteiger partial charge in [0.15, 0.2) is 0 Å². The van der Waals surface area contributed by atoms with Gasteiger partial charge >= 0.3 is 0 Å². The lowest BCUT2D eigenvalue weighted by Gasteiger charge is -2.06. The predicted octanol–water partition coefficient (Wildman–Crippen LogP) is 1.31. The molecule has 1 aliphatic carbocycles. The fourth-order valence-corrected chi connectivity index (χ4v) is 0.941. The van der Waals surface area contributed by atoms with Gasteiger partial charge in [-0.25, -0.2) is 0 Å². The Balaban J connectivity index is 2.70. The molecule has 0 radical (unpaired) electrons. The van der Waals surface area contributed by atoms with E-state index in [0.717, 1.165) is 12.0 Å². The molecule has 0 aliphatic heterocycles. The van der Waals surface area contributed by atoms with Gasteiger partial charge in [0.25, 0.3) is 0 Å². The standard InChI is InChI=1S/C9H9NO/c1-7(6-10)9(11)8-4-2-3-5-8/h2,4-5,9,11H,1,3H2. The number of hydrogen-bond acceptors (Lipinski definition) is 2. The van der Waals surface area contributed by atoms with Crippen LogP contribution in [0, 0.1) is 11.3 Å². The van der Waals surface area contributed by atoms with E-state index in [1.165, 1.54) is 0 Å². The fourth-order valence-electron chi connectivity index (χ4n) is 0.941. The van der Waals surface area contributed by atoms with Crippen LogP contribution in [0.15, 0.2) is 36.0 Å². The largest absolute Gasteiger partial charge is 0.383 e. The zero-order valence-electron chi connectivity index (χ0n) is 6.12. The van der Waals surface area contributed by atoms with Crippen LogP contribution in [0.5, 0.6) is 0 Å². The molecule has 56 valence electrons. The Bertz CT molecular complexity index is 268. The van der Waals surface area contributed by atoms with Crippen molar-refractivity contribution in [2.45, 2.75) is 12.5 Å². The zero-order chi connectivity index (χ0) is 8.27. The van der Waals surface area contributed by atoms with E-state index in [-0.39, 0.29) is 5.57 Å². The summed E-state index contributed by atoms with van der Waals surface area (Å²) in [6, 6.07) is 1.82. The molecule has 1 N–H and O–H groups in total. The number of allylic oxidation sites excluding steroid dienone is 2. The average Bonchev–Trinajstić information content (AvgIpc) is 2.53. The highest BCUT2D eigenvalue weighted by Gasteiger charge is 2.12. The Morgan fingerprint density at radius 2 is 2.55 bits per heavy atom. The van der Waals surface area contributed by atoms with E-state index >= 15 is 0 Å². The van der Waals surface area contributed by atoms with Gasteiger partial charge in [-0.3, -0.25) is 0 Å². The summed E-state index contributed by atoms with van der Waals surface area (Å²) in [6.45, 7) is 3.43. The Morgan fingerprint density at radius 1 is 1.82 bits per heavy atom. The van der Waals surface area contributed by atoms with Crippen LogP contribution >= 0.6 is 0 Å². The van der Waals surface area contributed by atoms with Gasteiger partial charge in [0, 0.05) is 0 Å². The van der Waals surface area contributed by atoms with Gasteiger partial charge in [-0.05, 0) is 12.0 Å². The lowest BCUT2D eigenvalue weighted by molar-refractivity contribution is 0.256. The number of aliphatic hydroxyl groups excluding tert-OH is 1. The summed E-state index contributed by atoms with van der Waals surface area (Å²) in [5, 5.41) is 17.8. The molecule has 2 heteroatoms. The average molecular weight is 147 g/mol. The molecule has 1 aliphatic rings. The second-order valence-corrected chi connectivity index (χ2v) is 2.38. The maximum Gasteiger partial charge on any atom is 0.113 e. The first-order valence-corrected chi connectivity index (χ1v) is 3.39. The monoisotopic (exact) mass is 147 g/mol. The van der Waals surface area contributed by atoms with Crippen LogP contribution in [0.2, 0.25) is 0 Å². The van der Waals surface area contributed by atoms with Gasteiger partial charge in [0.1, 0.15) is 6.10 Å². The summed E-state index contributed by atoms with van der Waals surface area (Å²) in [5.74, 6) is 0. The molecular formula is C9H9NO. The van der Waals surface area contributed by atoms with Crippen molar-refractivity contribution in [3.63, 3.8) is 0 Å². The highest BCUT2D eigenvalue weighted by atomic mass is 16.3. The molecule has 0 aromatic rings. The zero-order valence-corrected chi connectivity index (χ0v) is 6.12. The number of nitrogens with zero attached hydrogens (tertiary/aromatic N) is 1. The molecule has 1 atom stereocenters. The first kappa shape index (κ1) is 7.77. The van der Waals surface area contributed by atoms with Crippen LogP contribution in [0.3, 0.4) is 0 Å². The number of nitriles is 1. The number of rotatable bonds is 2. The van der Waals surface area contributed by atoms with Crippen molar-refractivity contribution < 1.29 is 5.11 Å². The fraction of sp³-hybridized carbons (Fsp3) is 0.222. The molecule has 0 bridgehead atoms. The van der Waals surface area contributed by atoms with Gasteiger partial charge < -0.3 is 5.11 Å². The van der Waals surface area contributed by atoms with Crippen molar-refractivity contribution in [3.8, 4) is 6.07 Å². The quantitative estimate of drug-likeness (QED) is 0.598. The van der Waals surface area contributed by atoms with Crippen molar-refractivity contribution >= 4 is 0 Å². The lowest BCUT2D eigenvalue weighted by Crippen LogP contribution is -2.09. The van der Waals surface area contributed by atoms with E-state index in [1.54, 1.807) is 0 Å². The highest BCUT2D eigenvalue weighted by Crippen LogP contribution is 2.17. The molecule has 2 nitrogen and oxygen atoms in total. The minimum Gasteiger partial charge on any atom is -0.383 e. The molecule has 0 saturated heterocycles. The molecule has 0 aromatic heterocycles. The SMILES string of the molecule is C=C(C#N)C(O)C1=CCC=C1. The normalized spacial score (nSPS) is 17.3. The van der Waals surface area contributed by atoms with Gasteiger partial charge in [0.05, 0.1) is 11.6 Å². The summed E-state index contributed by atoms with van der Waals surface area (Å²) in [6.07, 6.45) is 5.66. The van der Waals surface area contributed by atoms with Crippen LogP contribution in [-0.4, -0.2) is 11.2 Å². The third-order valence-electron chi connectivity index (χ3n) is 1.59. The van der Waals surface area contributed by atoms with E-state index in [4.69, 9.17) is 5.26 Å². The summed E-state index contributed by atoms with van der Waals surface area (Å²) >= 11 is 0. The van der Waals surface area contributed by atoms with Crippen LogP contribution in [0.1, 0.15) is 6.42 Å². The molecular weight excluding hydrogens is 138 g/mol. The summed E-state index contributed by atoms with van der Waals surface area (Å²) < 4.78 is 0. The molecule has 1 unspecified atom stereocenters. The van der Waals surface area contributed by atoms with E-state index < -0.39 is 6.10 Å². The maximum absolute atomic E-state index is 9.38. The van der Waals surface area contributed by atoms with Crippen LogP contribution < -0.4 is 0 Å². The van der Waals surface area contributed by atoms with E-state index in [1.807, 2.05) is 24.3 Å². The van der Waals surface area contributed by atoms with Gasteiger partial charge in [-0.1, -0.05) is 24.8 Å². The third kappa shape index (κ3) is 1.57. The lowest BCUT2D eigenvalue weighted by atomic mass is 10.1. The van der Waals surface area contributed by atoms with Crippen LogP contribution in [-0.2, 0) is 0 Å². The van der Waals surface area contributed by atoms with Crippen molar-refractivity contribution in [1.29, 1.82) is 5.26 Å². The maximum atomic E-state index is 9.38. The first-order valence-electron chi connectivity index (χ1n) is 3.39. The molecule has 0 amide bonds. The van der Waals surface area contributed by atoms with Gasteiger partial charge in [-0.2, -0.15) is 5.26 Å². The van der Waals surface area contributed by atoms with Gasteiger partial charge in [0.2, 0.25) is 0 Å². The van der Waals surface area contributed by atoms with Crippen molar-refractivity contribution in [2.75, 3.05) is 0 Å². The Morgan fingerprint density at radius 3 is 3.00 bits per heavy atom. The topological polar surface area (TPSA) is 44.0 Å². The van der Waals surface area contributed by atoms with Crippen LogP contribution in [0.25, 0.3) is 0 Å². The molecule has 0 heterocycles. The molecule has 0 saturated carbocycles. The molecule has 0 aromatic carbocycles. The Hall–Kier alpha value is -1.33. The minimum atomic E-state index is -0.807. The van der Waals surface area contributed by atoms with E-state index in [0.29, 0.717) is 0 Å². The van der Waals surface area contributed by atoms with Crippen molar-refractivity contribution in [1.82, 2.24) is 0 Å². The molecule has 11 heavy (non-hydrogen) atoms. The summed E-state index contributed by atoms with van der Waals surface area (Å²) in [4.78, 5) is 0. The highest BCUT2D eigenvalue weighted by molar-refractivity contribution is 5.39. The second kappa shape index (κ2) is 3.18. The predicted molar refractivity (Wildman–Crippen MR) is 42.6 cm³/mol. The van der Waals surface area contributed by atoms with E-state index in [2.05, 4.69) is 6.58 Å². The van der Waals surface area contributed by atoms with Crippen molar-refractivity contribution in [3.05, 3.63) is 36.0 Å². The smallest absolute Gasteiger partial charge is 0.113 e. The summed E-state index contributed by atoms with van der Waals surface area (Å²) in [5.41, 5.74) is 0.972. The number of hydrogen-bond donors (Lipinski definition) is 1. The Kier molecular flexibility index (Phi) is 2.25. The molecule has 0 spiro atoms. The molecule has 1 rings (SSSR count). The first-order chi connectivity index (χ1) is 5.25. The van der Waals surface area contributed by atoms with Gasteiger partial charge in [-0.15, -0.1) is 0 Å². The van der Waals surface area contributed by atoms with Crippen molar-refractivity contribution in [2.24, 2.45) is 0 Å².